The van der Waals surface area contributed by atoms with Crippen LogP contribution in [0, 0.1) is 0 Å². The zero-order chi connectivity index (χ0) is 15.5. The molecule has 1 aromatic carbocycles. The Morgan fingerprint density at radius 2 is 1.90 bits per heavy atom. The number of nitrogens with zero attached hydrogens (tertiary/aromatic N) is 1. The summed E-state index contributed by atoms with van der Waals surface area (Å²) in [5, 5.41) is 3.10. The van der Waals surface area contributed by atoms with E-state index in [0.717, 1.165) is 37.8 Å². The average Bonchev–Trinajstić information content (AvgIpc) is 2.87. The molecule has 2 unspecified atom stereocenters. The van der Waals surface area contributed by atoms with Crippen molar-refractivity contribution in [1.82, 2.24) is 9.62 Å². The maximum absolute atomic E-state index is 12.9. The summed E-state index contributed by atoms with van der Waals surface area (Å²) in [4.78, 5) is 0.419. The standard InChI is InChI=1S/C16H26N2O2S/c1-4-15-8-5-13(2)18(15)21(19,20)16-9-6-14(7-10-16)11-12-17-3/h6-7,9-10,13,15,17H,4-5,8,11-12H2,1-3H3. The third kappa shape index (κ3) is 3.47. The van der Waals surface area contributed by atoms with Crippen LogP contribution in [0.15, 0.2) is 29.2 Å². The highest BCUT2D eigenvalue weighted by atomic mass is 32.2. The predicted octanol–water partition coefficient (Wildman–Crippen LogP) is 2.40. The second-order valence-corrected chi connectivity index (χ2v) is 7.66. The van der Waals surface area contributed by atoms with Crippen LogP contribution < -0.4 is 5.32 Å². The van der Waals surface area contributed by atoms with Gasteiger partial charge >= 0.3 is 0 Å². The summed E-state index contributed by atoms with van der Waals surface area (Å²) in [6.45, 7) is 4.97. The smallest absolute Gasteiger partial charge is 0.243 e. The lowest BCUT2D eigenvalue weighted by Gasteiger charge is -2.27. The summed E-state index contributed by atoms with van der Waals surface area (Å²) >= 11 is 0. The van der Waals surface area contributed by atoms with Crippen molar-refractivity contribution in [3.63, 3.8) is 0 Å². The molecular weight excluding hydrogens is 284 g/mol. The molecule has 5 heteroatoms. The first-order valence-electron chi connectivity index (χ1n) is 7.77. The summed E-state index contributed by atoms with van der Waals surface area (Å²) in [7, 11) is -1.45. The van der Waals surface area contributed by atoms with Gasteiger partial charge in [0.1, 0.15) is 0 Å². The molecular formula is C16H26N2O2S. The molecule has 2 rings (SSSR count). The van der Waals surface area contributed by atoms with Crippen LogP contribution in [0.3, 0.4) is 0 Å². The quantitative estimate of drug-likeness (QED) is 0.878. The van der Waals surface area contributed by atoms with E-state index in [4.69, 9.17) is 0 Å². The van der Waals surface area contributed by atoms with Crippen molar-refractivity contribution in [2.75, 3.05) is 13.6 Å². The van der Waals surface area contributed by atoms with E-state index in [-0.39, 0.29) is 12.1 Å². The van der Waals surface area contributed by atoms with Crippen LogP contribution in [0.4, 0.5) is 0 Å². The average molecular weight is 310 g/mol. The van der Waals surface area contributed by atoms with Gasteiger partial charge < -0.3 is 5.32 Å². The lowest BCUT2D eigenvalue weighted by molar-refractivity contribution is 0.328. The zero-order valence-corrected chi connectivity index (χ0v) is 14.0. The Hall–Kier alpha value is -0.910. The minimum Gasteiger partial charge on any atom is -0.319 e. The maximum Gasteiger partial charge on any atom is 0.243 e. The highest BCUT2D eigenvalue weighted by Crippen LogP contribution is 2.32. The molecule has 1 heterocycles. The molecule has 1 aliphatic heterocycles. The zero-order valence-electron chi connectivity index (χ0n) is 13.2. The number of hydrogen-bond donors (Lipinski definition) is 1. The Balaban J connectivity index is 2.22. The molecule has 1 saturated heterocycles. The molecule has 1 N–H and O–H groups in total. The fourth-order valence-electron chi connectivity index (χ4n) is 3.08. The van der Waals surface area contributed by atoms with Gasteiger partial charge in [0.15, 0.2) is 0 Å². The van der Waals surface area contributed by atoms with Gasteiger partial charge in [0.05, 0.1) is 4.90 Å². The number of sulfonamides is 1. The van der Waals surface area contributed by atoms with Gasteiger partial charge in [0.25, 0.3) is 0 Å². The highest BCUT2D eigenvalue weighted by molar-refractivity contribution is 7.89. The summed E-state index contributed by atoms with van der Waals surface area (Å²) < 4.78 is 27.4. The first-order chi connectivity index (χ1) is 10.0. The van der Waals surface area contributed by atoms with Crippen LogP contribution in [-0.2, 0) is 16.4 Å². The van der Waals surface area contributed by atoms with Crippen molar-refractivity contribution in [2.24, 2.45) is 0 Å². The Morgan fingerprint density at radius 3 is 2.48 bits per heavy atom. The normalized spacial score (nSPS) is 23.6. The molecule has 0 aliphatic carbocycles. The SMILES string of the molecule is CCC1CCC(C)N1S(=O)(=O)c1ccc(CCNC)cc1. The first kappa shape index (κ1) is 16.5. The summed E-state index contributed by atoms with van der Waals surface area (Å²) in [5.41, 5.74) is 1.16. The second-order valence-electron chi connectivity index (χ2n) is 5.82. The number of nitrogens with one attached hydrogen (secondary N) is 1. The lowest BCUT2D eigenvalue weighted by atomic mass is 10.1. The van der Waals surface area contributed by atoms with Crippen molar-refractivity contribution in [3.8, 4) is 0 Å². The second kappa shape index (κ2) is 6.90. The fraction of sp³-hybridized carbons (Fsp3) is 0.625. The van der Waals surface area contributed by atoms with E-state index in [1.165, 1.54) is 0 Å². The van der Waals surface area contributed by atoms with E-state index in [1.807, 2.05) is 26.1 Å². The van der Waals surface area contributed by atoms with Crippen LogP contribution >= 0.6 is 0 Å². The number of benzene rings is 1. The number of rotatable bonds is 6. The molecule has 118 valence electrons. The fourth-order valence-corrected chi connectivity index (χ4v) is 5.03. The Bertz CT molecular complexity index is 554. The highest BCUT2D eigenvalue weighted by Gasteiger charge is 2.38. The van der Waals surface area contributed by atoms with Gasteiger partial charge in [-0.05, 0) is 63.9 Å². The van der Waals surface area contributed by atoms with Gasteiger partial charge in [-0.1, -0.05) is 19.1 Å². The van der Waals surface area contributed by atoms with Crippen molar-refractivity contribution in [3.05, 3.63) is 29.8 Å². The van der Waals surface area contributed by atoms with Gasteiger partial charge in [-0.25, -0.2) is 8.42 Å². The predicted molar refractivity (Wildman–Crippen MR) is 85.9 cm³/mol. The lowest BCUT2D eigenvalue weighted by Crippen LogP contribution is -2.39. The molecule has 0 amide bonds. The van der Waals surface area contributed by atoms with E-state index in [9.17, 15) is 8.42 Å². The summed E-state index contributed by atoms with van der Waals surface area (Å²) in [6, 6.07) is 7.59. The summed E-state index contributed by atoms with van der Waals surface area (Å²) in [5.74, 6) is 0. The Morgan fingerprint density at radius 1 is 1.24 bits per heavy atom. The van der Waals surface area contributed by atoms with Crippen LogP contribution in [-0.4, -0.2) is 38.4 Å². The van der Waals surface area contributed by atoms with Gasteiger partial charge in [-0.3, -0.25) is 0 Å². The van der Waals surface area contributed by atoms with Gasteiger partial charge in [-0.15, -0.1) is 0 Å². The molecule has 2 atom stereocenters. The Labute approximate surface area is 128 Å². The first-order valence-corrected chi connectivity index (χ1v) is 9.21. The minimum absolute atomic E-state index is 0.101. The van der Waals surface area contributed by atoms with Gasteiger partial charge in [-0.2, -0.15) is 4.31 Å². The third-order valence-corrected chi connectivity index (χ3v) is 6.43. The van der Waals surface area contributed by atoms with E-state index in [1.54, 1.807) is 16.4 Å². The molecule has 0 bridgehead atoms. The van der Waals surface area contributed by atoms with Crippen molar-refractivity contribution in [2.45, 2.75) is 56.5 Å². The van der Waals surface area contributed by atoms with Gasteiger partial charge in [0.2, 0.25) is 10.0 Å². The molecule has 0 saturated carbocycles. The molecule has 1 aromatic rings. The minimum atomic E-state index is -3.37. The van der Waals surface area contributed by atoms with E-state index < -0.39 is 10.0 Å². The Kier molecular flexibility index (Phi) is 5.41. The van der Waals surface area contributed by atoms with E-state index in [2.05, 4.69) is 12.2 Å². The van der Waals surface area contributed by atoms with Crippen LogP contribution in [0.25, 0.3) is 0 Å². The largest absolute Gasteiger partial charge is 0.319 e. The van der Waals surface area contributed by atoms with Crippen molar-refractivity contribution >= 4 is 10.0 Å². The topological polar surface area (TPSA) is 49.4 Å². The monoisotopic (exact) mass is 310 g/mol. The number of likely N-dealkylation sites (N-methyl/N-ethyl adjacent to an activating group) is 1. The summed E-state index contributed by atoms with van der Waals surface area (Å²) in [6.07, 6.45) is 3.72. The van der Waals surface area contributed by atoms with E-state index in [0.29, 0.717) is 4.90 Å². The van der Waals surface area contributed by atoms with Crippen LogP contribution in [0.1, 0.15) is 38.7 Å². The molecule has 4 nitrogen and oxygen atoms in total. The molecule has 0 radical (unpaired) electrons. The van der Waals surface area contributed by atoms with E-state index >= 15 is 0 Å². The molecule has 0 spiro atoms. The number of hydrogen-bond acceptors (Lipinski definition) is 3. The third-order valence-electron chi connectivity index (χ3n) is 4.35. The molecule has 21 heavy (non-hydrogen) atoms. The maximum atomic E-state index is 12.9. The molecule has 1 fully saturated rings. The van der Waals surface area contributed by atoms with Crippen LogP contribution in [0.2, 0.25) is 0 Å². The molecule has 1 aliphatic rings. The van der Waals surface area contributed by atoms with Crippen LogP contribution in [0.5, 0.6) is 0 Å². The van der Waals surface area contributed by atoms with Gasteiger partial charge in [0, 0.05) is 12.1 Å². The molecule has 0 aromatic heterocycles. The van der Waals surface area contributed by atoms with Crippen molar-refractivity contribution in [1.29, 1.82) is 0 Å². The van der Waals surface area contributed by atoms with Crippen molar-refractivity contribution < 1.29 is 8.42 Å².